The average molecular weight is 1070 g/mol. The Morgan fingerprint density at radius 2 is 0.787 bits per heavy atom. The summed E-state index contributed by atoms with van der Waals surface area (Å²) in [5, 5.41) is 72.4. The van der Waals surface area contributed by atoms with Crippen molar-refractivity contribution in [2.75, 3.05) is 33.0 Å². The van der Waals surface area contributed by atoms with Crippen molar-refractivity contribution in [1.82, 2.24) is 0 Å². The molecule has 0 spiro atoms. The van der Waals surface area contributed by atoms with E-state index in [0.717, 1.165) is 38.5 Å². The van der Waals surface area contributed by atoms with E-state index in [-0.39, 0.29) is 25.6 Å². The predicted molar refractivity (Wildman–Crippen MR) is 298 cm³/mol. The highest BCUT2D eigenvalue weighted by Crippen LogP contribution is 2.27. The topological polar surface area (TPSA) is 214 Å². The van der Waals surface area contributed by atoms with Gasteiger partial charge in [-0.15, -0.1) is 0 Å². The maximum absolute atomic E-state index is 13.1. The Labute approximate surface area is 456 Å². The van der Waals surface area contributed by atoms with E-state index < -0.39 is 80.7 Å². The Morgan fingerprint density at radius 1 is 0.427 bits per heavy atom. The molecule has 2 aliphatic heterocycles. The Bertz CT molecular complexity index is 1330. The van der Waals surface area contributed by atoms with Gasteiger partial charge in [0.15, 0.2) is 12.6 Å². The zero-order valence-corrected chi connectivity index (χ0v) is 47.6. The molecular formula is C61H114O14. The molecule has 75 heavy (non-hydrogen) atoms. The van der Waals surface area contributed by atoms with Crippen LogP contribution >= 0.6 is 0 Å². The van der Waals surface area contributed by atoms with Crippen LogP contribution in [0.25, 0.3) is 0 Å². The van der Waals surface area contributed by atoms with Crippen molar-refractivity contribution in [3.05, 3.63) is 24.3 Å². The first-order valence-electron chi connectivity index (χ1n) is 30.9. The first-order valence-corrected chi connectivity index (χ1v) is 30.9. The molecule has 2 saturated heterocycles. The maximum Gasteiger partial charge on any atom is 0.306 e. The molecule has 11 atom stereocenters. The lowest BCUT2D eigenvalue weighted by Crippen LogP contribution is -2.61. The number of unbranched alkanes of at least 4 members (excludes halogenated alkanes) is 33. The summed E-state index contributed by atoms with van der Waals surface area (Å²) in [7, 11) is 0. The van der Waals surface area contributed by atoms with Gasteiger partial charge in [0.2, 0.25) is 0 Å². The van der Waals surface area contributed by atoms with Crippen LogP contribution in [-0.4, -0.2) is 142 Å². The van der Waals surface area contributed by atoms with Gasteiger partial charge in [-0.2, -0.15) is 0 Å². The van der Waals surface area contributed by atoms with E-state index in [4.69, 9.17) is 28.4 Å². The van der Waals surface area contributed by atoms with Gasteiger partial charge < -0.3 is 64.2 Å². The van der Waals surface area contributed by atoms with Gasteiger partial charge in [0.1, 0.15) is 54.9 Å². The molecule has 0 radical (unpaired) electrons. The third kappa shape index (κ3) is 35.0. The van der Waals surface area contributed by atoms with Crippen LogP contribution in [0.2, 0.25) is 0 Å². The highest BCUT2D eigenvalue weighted by atomic mass is 16.7. The van der Waals surface area contributed by atoms with Gasteiger partial charge in [-0.25, -0.2) is 0 Å². The summed E-state index contributed by atoms with van der Waals surface area (Å²) >= 11 is 0. The molecule has 14 nitrogen and oxygen atoms in total. The summed E-state index contributed by atoms with van der Waals surface area (Å²) in [4.78, 5) is 13.1. The van der Waals surface area contributed by atoms with E-state index in [1.54, 1.807) is 0 Å². The number of aliphatic hydroxyl groups is 7. The summed E-state index contributed by atoms with van der Waals surface area (Å²) < 4.78 is 34.5. The van der Waals surface area contributed by atoms with Crippen molar-refractivity contribution < 1.29 is 69.0 Å². The molecule has 0 bridgehead atoms. The fraction of sp³-hybridized carbons (Fsp3) is 0.918. The van der Waals surface area contributed by atoms with Crippen molar-refractivity contribution in [1.29, 1.82) is 0 Å². The highest BCUT2D eigenvalue weighted by molar-refractivity contribution is 5.69. The molecule has 0 aliphatic carbocycles. The van der Waals surface area contributed by atoms with Crippen LogP contribution in [0.5, 0.6) is 0 Å². The van der Waals surface area contributed by atoms with E-state index in [2.05, 4.69) is 38.2 Å². The predicted octanol–water partition coefficient (Wildman–Crippen LogP) is 11.5. The largest absolute Gasteiger partial charge is 0.457 e. The summed E-state index contributed by atoms with van der Waals surface area (Å²) in [5.41, 5.74) is 0. The average Bonchev–Trinajstić information content (AvgIpc) is 3.41. The fourth-order valence-corrected chi connectivity index (χ4v) is 9.92. The molecule has 2 fully saturated rings. The lowest BCUT2D eigenvalue weighted by molar-refractivity contribution is -0.332. The normalized spacial score (nSPS) is 24.7. The lowest BCUT2D eigenvalue weighted by Gasteiger charge is -2.42. The van der Waals surface area contributed by atoms with E-state index in [1.807, 2.05) is 0 Å². The molecule has 2 rings (SSSR count). The number of carbonyl (C=O) groups excluding carboxylic acids is 1. The molecule has 0 aromatic carbocycles. The minimum Gasteiger partial charge on any atom is -0.457 e. The number of rotatable bonds is 51. The molecule has 0 aromatic rings. The molecule has 7 N–H and O–H groups in total. The van der Waals surface area contributed by atoms with Crippen molar-refractivity contribution >= 4 is 5.97 Å². The molecule has 0 amide bonds. The summed E-state index contributed by atoms with van der Waals surface area (Å²) in [5.74, 6) is -0.374. The van der Waals surface area contributed by atoms with Crippen LogP contribution in [0, 0.1) is 0 Å². The van der Waals surface area contributed by atoms with Crippen molar-refractivity contribution in [2.45, 2.75) is 325 Å². The van der Waals surface area contributed by atoms with Gasteiger partial charge in [-0.05, 0) is 64.2 Å². The van der Waals surface area contributed by atoms with E-state index in [0.29, 0.717) is 13.0 Å². The van der Waals surface area contributed by atoms with Crippen LogP contribution in [0.1, 0.15) is 258 Å². The maximum atomic E-state index is 13.1. The van der Waals surface area contributed by atoms with Crippen molar-refractivity contribution in [2.24, 2.45) is 0 Å². The summed E-state index contributed by atoms with van der Waals surface area (Å²) in [6.45, 7) is 3.73. The summed E-state index contributed by atoms with van der Waals surface area (Å²) in [6.07, 6.45) is 39.5. The second-order valence-corrected chi connectivity index (χ2v) is 21.9. The third-order valence-electron chi connectivity index (χ3n) is 14.9. The quantitative estimate of drug-likeness (QED) is 0.0172. The summed E-state index contributed by atoms with van der Waals surface area (Å²) in [6, 6.07) is 0. The number of carbonyl (C=O) groups is 1. The molecule has 11 unspecified atom stereocenters. The smallest absolute Gasteiger partial charge is 0.306 e. The molecule has 2 heterocycles. The third-order valence-corrected chi connectivity index (χ3v) is 14.9. The molecule has 442 valence electrons. The Morgan fingerprint density at radius 3 is 1.21 bits per heavy atom. The van der Waals surface area contributed by atoms with Gasteiger partial charge >= 0.3 is 5.97 Å². The van der Waals surface area contributed by atoms with E-state index in [1.165, 1.54) is 193 Å². The van der Waals surface area contributed by atoms with Crippen LogP contribution in [0.4, 0.5) is 0 Å². The molecule has 0 saturated carbocycles. The van der Waals surface area contributed by atoms with Crippen LogP contribution in [0.15, 0.2) is 24.3 Å². The number of allylic oxidation sites excluding steroid dienone is 4. The zero-order valence-electron chi connectivity index (χ0n) is 47.6. The number of hydrogen-bond acceptors (Lipinski definition) is 14. The standard InChI is InChI=1S/C61H114O14/c1-3-5-7-9-11-13-15-17-19-21-23-24-25-27-29-31-33-35-37-39-41-43-45-70-47-50(73-53(63)44-42-40-38-36-34-32-30-28-26-22-20-18-16-14-12-10-8-6-4-2)48-71-60-59(69)57(67)55(65)52(75-60)49-72-61-58(68)56(66)54(64)51(46-62)74-61/h18,20-21,23,50-52,54-62,64-69H,3-17,19,22,24-49H2,1-2H3/b20-18-,23-21-. The van der Waals surface area contributed by atoms with Gasteiger partial charge in [0.05, 0.1) is 26.4 Å². The van der Waals surface area contributed by atoms with E-state index >= 15 is 0 Å². The lowest BCUT2D eigenvalue weighted by atomic mass is 9.98. The number of hydrogen-bond donors (Lipinski definition) is 7. The minimum absolute atomic E-state index is 0.0634. The number of ether oxygens (including phenoxy) is 6. The van der Waals surface area contributed by atoms with Crippen LogP contribution < -0.4 is 0 Å². The van der Waals surface area contributed by atoms with E-state index in [9.17, 15) is 40.5 Å². The number of aliphatic hydroxyl groups excluding tert-OH is 7. The fourth-order valence-electron chi connectivity index (χ4n) is 9.92. The van der Waals surface area contributed by atoms with Gasteiger partial charge in [-0.3, -0.25) is 4.79 Å². The van der Waals surface area contributed by atoms with Crippen molar-refractivity contribution in [3.8, 4) is 0 Å². The zero-order chi connectivity index (χ0) is 54.4. The highest BCUT2D eigenvalue weighted by Gasteiger charge is 2.47. The molecular weight excluding hydrogens is 957 g/mol. The monoisotopic (exact) mass is 1070 g/mol. The molecule has 2 aliphatic rings. The first-order chi connectivity index (χ1) is 36.6. The Hall–Kier alpha value is -1.53. The minimum atomic E-state index is -1.71. The molecule has 0 aromatic heterocycles. The van der Waals surface area contributed by atoms with Gasteiger partial charge in [0, 0.05) is 13.0 Å². The molecule has 14 heteroatoms. The van der Waals surface area contributed by atoms with Crippen LogP contribution in [-0.2, 0) is 33.2 Å². The van der Waals surface area contributed by atoms with Gasteiger partial charge in [-0.1, -0.05) is 212 Å². The Balaban J connectivity index is 1.69. The first kappa shape index (κ1) is 69.6. The second kappa shape index (κ2) is 48.4. The second-order valence-electron chi connectivity index (χ2n) is 21.9. The SMILES string of the molecule is CCCCCCCC/C=C\CCCCCCCCCCCC(=O)OC(COCCCCCCCCCCCC/C=C\CCCCCCCCCC)COC1OC(COC2OC(CO)C(O)C(O)C2O)C(O)C(O)C1O. The van der Waals surface area contributed by atoms with Crippen molar-refractivity contribution in [3.63, 3.8) is 0 Å². The number of esters is 1. The van der Waals surface area contributed by atoms with Gasteiger partial charge in [0.25, 0.3) is 0 Å². The van der Waals surface area contributed by atoms with Crippen LogP contribution in [0.3, 0.4) is 0 Å². The Kier molecular flexibility index (Phi) is 44.9.